The lowest BCUT2D eigenvalue weighted by Crippen LogP contribution is -2.46. The number of alkyl halides is 1. The molecular weight excluding hydrogens is 159 g/mol. The van der Waals surface area contributed by atoms with E-state index in [1.54, 1.807) is 0 Å². The van der Waals surface area contributed by atoms with Crippen LogP contribution >= 0.6 is 0 Å². The summed E-state index contributed by atoms with van der Waals surface area (Å²) in [7, 11) is 1.46. The van der Waals surface area contributed by atoms with E-state index in [1.807, 2.05) is 0 Å². The summed E-state index contributed by atoms with van der Waals surface area (Å²) >= 11 is 0. The summed E-state index contributed by atoms with van der Waals surface area (Å²) in [4.78, 5) is 11.1. The molecule has 4 heteroatoms. The molecule has 3 nitrogen and oxygen atoms in total. The molecule has 70 valence electrons. The van der Waals surface area contributed by atoms with Gasteiger partial charge in [-0.3, -0.25) is 4.79 Å². The van der Waals surface area contributed by atoms with Crippen molar-refractivity contribution in [2.45, 2.75) is 37.4 Å². The standard InChI is InChI=1S/C8H15FN2O/c1-11-7(12)8(9)4-2-6(10)3-5-8/h6H,2-5,10H2,1H3,(H,11,12). The molecule has 0 bridgehead atoms. The maximum absolute atomic E-state index is 13.7. The molecule has 0 saturated heterocycles. The van der Waals surface area contributed by atoms with Crippen molar-refractivity contribution in [3.05, 3.63) is 0 Å². The van der Waals surface area contributed by atoms with Crippen molar-refractivity contribution in [3.63, 3.8) is 0 Å². The second-order valence-corrected chi connectivity index (χ2v) is 3.38. The average molecular weight is 174 g/mol. The molecule has 0 heterocycles. The highest BCUT2D eigenvalue weighted by molar-refractivity contribution is 5.84. The van der Waals surface area contributed by atoms with Gasteiger partial charge in [-0.15, -0.1) is 0 Å². The van der Waals surface area contributed by atoms with Crippen LogP contribution in [0.5, 0.6) is 0 Å². The van der Waals surface area contributed by atoms with Crippen LogP contribution in [-0.2, 0) is 4.79 Å². The van der Waals surface area contributed by atoms with Crippen molar-refractivity contribution >= 4 is 5.91 Å². The highest BCUT2D eigenvalue weighted by atomic mass is 19.1. The summed E-state index contributed by atoms with van der Waals surface area (Å²) in [5.74, 6) is -0.505. The van der Waals surface area contributed by atoms with E-state index in [1.165, 1.54) is 7.05 Å². The summed E-state index contributed by atoms with van der Waals surface area (Å²) in [5.41, 5.74) is 3.94. The molecule has 1 aliphatic carbocycles. The Morgan fingerprint density at radius 2 is 2.08 bits per heavy atom. The first-order valence-electron chi connectivity index (χ1n) is 4.25. The van der Waals surface area contributed by atoms with Gasteiger partial charge in [0.2, 0.25) is 0 Å². The Morgan fingerprint density at radius 3 is 2.50 bits per heavy atom. The number of carbonyl (C=O) groups excluding carboxylic acids is 1. The van der Waals surface area contributed by atoms with E-state index in [0.717, 1.165) is 0 Å². The number of carbonyl (C=O) groups is 1. The fourth-order valence-electron chi connectivity index (χ4n) is 1.55. The van der Waals surface area contributed by atoms with E-state index >= 15 is 0 Å². The van der Waals surface area contributed by atoms with Gasteiger partial charge in [-0.1, -0.05) is 0 Å². The zero-order valence-electron chi connectivity index (χ0n) is 7.27. The maximum Gasteiger partial charge on any atom is 0.257 e. The van der Waals surface area contributed by atoms with Gasteiger partial charge in [0, 0.05) is 13.1 Å². The van der Waals surface area contributed by atoms with Gasteiger partial charge in [0.05, 0.1) is 0 Å². The minimum Gasteiger partial charge on any atom is -0.356 e. The van der Waals surface area contributed by atoms with Gasteiger partial charge in [0.1, 0.15) is 0 Å². The van der Waals surface area contributed by atoms with Crippen molar-refractivity contribution in [2.24, 2.45) is 5.73 Å². The molecule has 1 amide bonds. The van der Waals surface area contributed by atoms with Crippen LogP contribution in [0.4, 0.5) is 4.39 Å². The van der Waals surface area contributed by atoms with Gasteiger partial charge >= 0.3 is 0 Å². The predicted octanol–water partition coefficient (Wildman–Crippen LogP) is 0.342. The van der Waals surface area contributed by atoms with Crippen LogP contribution in [0.15, 0.2) is 0 Å². The molecule has 0 radical (unpaired) electrons. The van der Waals surface area contributed by atoms with E-state index in [2.05, 4.69) is 5.32 Å². The number of nitrogens with two attached hydrogens (primary N) is 1. The number of hydrogen-bond acceptors (Lipinski definition) is 2. The molecular formula is C8H15FN2O. The van der Waals surface area contributed by atoms with E-state index in [-0.39, 0.29) is 18.9 Å². The van der Waals surface area contributed by atoms with Crippen LogP contribution in [0.2, 0.25) is 0 Å². The maximum atomic E-state index is 13.7. The van der Waals surface area contributed by atoms with Crippen molar-refractivity contribution in [1.82, 2.24) is 5.32 Å². The Morgan fingerprint density at radius 1 is 1.58 bits per heavy atom. The molecule has 3 N–H and O–H groups in total. The summed E-state index contributed by atoms with van der Waals surface area (Å²) in [6, 6.07) is 0.0681. The van der Waals surface area contributed by atoms with E-state index < -0.39 is 11.6 Å². The van der Waals surface area contributed by atoms with Crippen LogP contribution in [-0.4, -0.2) is 24.7 Å². The first kappa shape index (κ1) is 9.45. The summed E-state index contributed by atoms with van der Waals surface area (Å²) in [6.45, 7) is 0. The lowest BCUT2D eigenvalue weighted by atomic mass is 9.83. The normalized spacial score (nSPS) is 36.1. The Labute approximate surface area is 71.5 Å². The van der Waals surface area contributed by atoms with Crippen LogP contribution in [0.1, 0.15) is 25.7 Å². The number of hydrogen-bond donors (Lipinski definition) is 2. The third-order valence-corrected chi connectivity index (χ3v) is 2.46. The van der Waals surface area contributed by atoms with Crippen LogP contribution in [0.25, 0.3) is 0 Å². The molecule has 1 fully saturated rings. The highest BCUT2D eigenvalue weighted by Crippen LogP contribution is 2.31. The first-order valence-corrected chi connectivity index (χ1v) is 4.25. The van der Waals surface area contributed by atoms with E-state index in [4.69, 9.17) is 5.73 Å². The molecule has 0 aromatic carbocycles. The van der Waals surface area contributed by atoms with Crippen molar-refractivity contribution < 1.29 is 9.18 Å². The molecule has 0 unspecified atom stereocenters. The molecule has 12 heavy (non-hydrogen) atoms. The monoisotopic (exact) mass is 174 g/mol. The van der Waals surface area contributed by atoms with Crippen molar-refractivity contribution in [1.29, 1.82) is 0 Å². The molecule has 0 aromatic rings. The second kappa shape index (κ2) is 3.39. The molecule has 0 aliphatic heterocycles. The van der Waals surface area contributed by atoms with Crippen molar-refractivity contribution in [2.75, 3.05) is 7.05 Å². The van der Waals surface area contributed by atoms with Gasteiger partial charge in [-0.2, -0.15) is 0 Å². The third-order valence-electron chi connectivity index (χ3n) is 2.46. The Bertz CT molecular complexity index is 176. The van der Waals surface area contributed by atoms with Gasteiger partial charge in [-0.05, 0) is 25.7 Å². The van der Waals surface area contributed by atoms with Crippen LogP contribution < -0.4 is 11.1 Å². The Kier molecular flexibility index (Phi) is 2.67. The number of amides is 1. The van der Waals surface area contributed by atoms with Crippen molar-refractivity contribution in [3.8, 4) is 0 Å². The number of halogens is 1. The van der Waals surface area contributed by atoms with Crippen LogP contribution in [0.3, 0.4) is 0 Å². The minimum atomic E-state index is -1.66. The lowest BCUT2D eigenvalue weighted by Gasteiger charge is -2.30. The largest absolute Gasteiger partial charge is 0.356 e. The minimum absolute atomic E-state index is 0.0681. The predicted molar refractivity (Wildman–Crippen MR) is 44.3 cm³/mol. The van der Waals surface area contributed by atoms with E-state index in [0.29, 0.717) is 12.8 Å². The summed E-state index contributed by atoms with van der Waals surface area (Å²) in [6.07, 6.45) is 1.72. The third kappa shape index (κ3) is 1.75. The van der Waals surface area contributed by atoms with Gasteiger partial charge in [0.15, 0.2) is 5.67 Å². The lowest BCUT2D eigenvalue weighted by molar-refractivity contribution is -0.134. The fraction of sp³-hybridized carbons (Fsp3) is 0.875. The Hall–Kier alpha value is -0.640. The quantitative estimate of drug-likeness (QED) is 0.602. The second-order valence-electron chi connectivity index (χ2n) is 3.38. The number of nitrogens with one attached hydrogen (secondary N) is 1. The van der Waals surface area contributed by atoms with Gasteiger partial charge < -0.3 is 11.1 Å². The molecule has 0 spiro atoms. The average Bonchev–Trinajstić information content (AvgIpc) is 2.09. The van der Waals surface area contributed by atoms with Gasteiger partial charge in [0.25, 0.3) is 5.91 Å². The summed E-state index contributed by atoms with van der Waals surface area (Å²) < 4.78 is 13.7. The molecule has 0 aromatic heterocycles. The zero-order chi connectivity index (χ0) is 9.19. The van der Waals surface area contributed by atoms with Gasteiger partial charge in [-0.25, -0.2) is 4.39 Å². The molecule has 1 saturated carbocycles. The zero-order valence-corrected chi connectivity index (χ0v) is 7.27. The first-order chi connectivity index (χ1) is 5.58. The SMILES string of the molecule is CNC(=O)C1(F)CCC(N)CC1. The Balaban J connectivity index is 2.55. The number of rotatable bonds is 1. The smallest absolute Gasteiger partial charge is 0.257 e. The molecule has 0 atom stereocenters. The topological polar surface area (TPSA) is 55.1 Å². The fourth-order valence-corrected chi connectivity index (χ4v) is 1.55. The molecule has 1 aliphatic rings. The summed E-state index contributed by atoms with van der Waals surface area (Å²) in [5, 5.41) is 2.34. The highest BCUT2D eigenvalue weighted by Gasteiger charge is 2.40. The van der Waals surface area contributed by atoms with Crippen LogP contribution in [0, 0.1) is 0 Å². The molecule has 1 rings (SSSR count). The van der Waals surface area contributed by atoms with E-state index in [9.17, 15) is 9.18 Å².